The molecule has 0 bridgehead atoms. The molecule has 1 aliphatic rings. The highest BCUT2D eigenvalue weighted by atomic mass is 35.5. The number of rotatable bonds is 5. The van der Waals surface area contributed by atoms with Gasteiger partial charge in [0.1, 0.15) is 11.5 Å². The Balaban J connectivity index is 1.92. The molecule has 1 amide bonds. The average molecular weight is 470 g/mol. The molecule has 1 N–H and O–H groups in total. The van der Waals surface area contributed by atoms with Crippen molar-refractivity contribution in [2.24, 2.45) is 0 Å². The average Bonchev–Trinajstić information content (AvgIpc) is 3.04. The molecule has 3 aromatic rings. The van der Waals surface area contributed by atoms with Crippen molar-refractivity contribution in [3.05, 3.63) is 93.5 Å². The van der Waals surface area contributed by atoms with Crippen molar-refractivity contribution < 1.29 is 19.4 Å². The monoisotopic (exact) mass is 469 g/mol. The molecule has 3 heterocycles. The fourth-order valence-corrected chi connectivity index (χ4v) is 4.28. The number of hydrogen-bond acceptors (Lipinski definition) is 6. The van der Waals surface area contributed by atoms with E-state index in [4.69, 9.17) is 27.9 Å². The lowest BCUT2D eigenvalue weighted by molar-refractivity contribution is -0.140. The van der Waals surface area contributed by atoms with Crippen molar-refractivity contribution in [3.63, 3.8) is 0 Å². The van der Waals surface area contributed by atoms with Gasteiger partial charge in [0.2, 0.25) is 0 Å². The van der Waals surface area contributed by atoms with E-state index in [2.05, 4.69) is 9.97 Å². The lowest BCUT2D eigenvalue weighted by Crippen LogP contribution is -2.29. The van der Waals surface area contributed by atoms with Crippen LogP contribution in [0.2, 0.25) is 10.0 Å². The number of ketones is 1. The summed E-state index contributed by atoms with van der Waals surface area (Å²) in [5.74, 6) is -1.89. The number of nitrogens with zero attached hydrogens (tertiary/aromatic N) is 3. The van der Waals surface area contributed by atoms with Gasteiger partial charge in [-0.1, -0.05) is 35.3 Å². The highest BCUT2D eigenvalue weighted by Crippen LogP contribution is 2.43. The van der Waals surface area contributed by atoms with E-state index >= 15 is 0 Å². The van der Waals surface area contributed by atoms with Gasteiger partial charge in [0.15, 0.2) is 0 Å². The van der Waals surface area contributed by atoms with Gasteiger partial charge in [-0.2, -0.15) is 0 Å². The Morgan fingerprint density at radius 2 is 1.84 bits per heavy atom. The molecule has 0 spiro atoms. The SMILES string of the molecule is COc1c(Cl)cc(Cl)cc1/C(O)=C1\C(=O)C(=O)N(Cc2cccnc2)C1c1cccnc1. The first-order chi connectivity index (χ1) is 15.4. The maximum Gasteiger partial charge on any atom is 0.295 e. The zero-order valence-corrected chi connectivity index (χ0v) is 18.3. The topological polar surface area (TPSA) is 92.6 Å². The van der Waals surface area contributed by atoms with E-state index in [9.17, 15) is 14.7 Å². The number of Topliss-reactive ketones (excluding diaryl/α,β-unsaturated/α-hetero) is 1. The predicted octanol–water partition coefficient (Wildman–Crippen LogP) is 4.41. The van der Waals surface area contributed by atoms with Crippen molar-refractivity contribution in [2.75, 3.05) is 7.11 Å². The Kier molecular flexibility index (Phi) is 6.12. The van der Waals surface area contributed by atoms with Gasteiger partial charge >= 0.3 is 0 Å². The molecule has 7 nitrogen and oxygen atoms in total. The standard InChI is InChI=1S/C23H17Cl2N3O4/c1-32-22-16(8-15(24)9-17(22)25)20(29)18-19(14-5-3-7-27-11-14)28(23(31)21(18)30)12-13-4-2-6-26-10-13/h2-11,19,29H,12H2,1H3/b20-18+. The number of aliphatic hydroxyl groups excluding tert-OH is 1. The van der Waals surface area contributed by atoms with Crippen LogP contribution >= 0.6 is 23.2 Å². The lowest BCUT2D eigenvalue weighted by Gasteiger charge is -2.25. The second-order valence-corrected chi connectivity index (χ2v) is 7.89. The van der Waals surface area contributed by atoms with Crippen LogP contribution < -0.4 is 4.74 Å². The summed E-state index contributed by atoms with van der Waals surface area (Å²) in [4.78, 5) is 35.7. The number of aromatic nitrogens is 2. The molecular weight excluding hydrogens is 453 g/mol. The van der Waals surface area contributed by atoms with Gasteiger partial charge in [0, 0.05) is 36.4 Å². The van der Waals surface area contributed by atoms with E-state index in [0.717, 1.165) is 5.56 Å². The minimum Gasteiger partial charge on any atom is -0.507 e. The summed E-state index contributed by atoms with van der Waals surface area (Å²) in [5, 5.41) is 11.6. The minimum atomic E-state index is -0.883. The van der Waals surface area contributed by atoms with Gasteiger partial charge in [-0.05, 0) is 35.4 Å². The Bertz CT molecular complexity index is 1220. The van der Waals surface area contributed by atoms with Crippen molar-refractivity contribution in [2.45, 2.75) is 12.6 Å². The number of carbonyl (C=O) groups is 2. The highest BCUT2D eigenvalue weighted by molar-refractivity contribution is 6.46. The summed E-state index contributed by atoms with van der Waals surface area (Å²) in [5.41, 5.74) is 1.29. The zero-order valence-electron chi connectivity index (χ0n) is 16.8. The van der Waals surface area contributed by atoms with Gasteiger partial charge in [0.05, 0.1) is 29.3 Å². The predicted molar refractivity (Wildman–Crippen MR) is 119 cm³/mol. The fraction of sp³-hybridized carbons (Fsp3) is 0.130. The van der Waals surface area contributed by atoms with Crippen LogP contribution in [0.4, 0.5) is 0 Å². The Hall–Kier alpha value is -3.42. The van der Waals surface area contributed by atoms with Gasteiger partial charge < -0.3 is 14.7 Å². The number of aliphatic hydroxyl groups is 1. The maximum absolute atomic E-state index is 13.1. The van der Waals surface area contributed by atoms with E-state index in [1.54, 1.807) is 49.1 Å². The molecule has 2 aromatic heterocycles. The van der Waals surface area contributed by atoms with Crippen LogP contribution in [0.15, 0.2) is 66.8 Å². The molecule has 1 aromatic carbocycles. The van der Waals surface area contributed by atoms with Gasteiger partial charge in [-0.25, -0.2) is 0 Å². The number of halogens is 2. The quantitative estimate of drug-likeness (QED) is 0.337. The number of hydrogen-bond donors (Lipinski definition) is 1. The molecule has 1 aliphatic heterocycles. The third kappa shape index (κ3) is 3.92. The summed E-state index contributed by atoms with van der Waals surface area (Å²) < 4.78 is 5.32. The minimum absolute atomic E-state index is 0.108. The maximum atomic E-state index is 13.1. The molecule has 0 saturated carbocycles. The molecule has 0 aliphatic carbocycles. The summed E-state index contributed by atoms with van der Waals surface area (Å²) in [7, 11) is 1.38. The van der Waals surface area contributed by atoms with Crippen LogP contribution in [-0.4, -0.2) is 38.8 Å². The van der Waals surface area contributed by atoms with Crippen LogP contribution in [0.1, 0.15) is 22.7 Å². The van der Waals surface area contributed by atoms with Crippen LogP contribution in [0.3, 0.4) is 0 Å². The molecule has 32 heavy (non-hydrogen) atoms. The first kappa shape index (κ1) is 21.8. The molecule has 1 saturated heterocycles. The molecule has 162 valence electrons. The van der Waals surface area contributed by atoms with Crippen molar-refractivity contribution in [1.82, 2.24) is 14.9 Å². The number of methoxy groups -OCH3 is 1. The lowest BCUT2D eigenvalue weighted by atomic mass is 9.96. The molecule has 4 rings (SSSR count). The first-order valence-corrected chi connectivity index (χ1v) is 10.3. The number of carbonyl (C=O) groups excluding carboxylic acids is 2. The third-order valence-corrected chi connectivity index (χ3v) is 5.58. The number of amides is 1. The second kappa shape index (κ2) is 8.98. The molecular formula is C23H17Cl2N3O4. The summed E-state index contributed by atoms with van der Waals surface area (Å²) >= 11 is 12.3. The summed E-state index contributed by atoms with van der Waals surface area (Å²) in [6.45, 7) is 0.113. The Morgan fingerprint density at radius 1 is 1.12 bits per heavy atom. The van der Waals surface area contributed by atoms with Gasteiger partial charge in [-0.15, -0.1) is 0 Å². The van der Waals surface area contributed by atoms with E-state index in [1.165, 1.54) is 24.1 Å². The van der Waals surface area contributed by atoms with Crippen LogP contribution in [0.25, 0.3) is 5.76 Å². The van der Waals surface area contributed by atoms with Crippen LogP contribution in [-0.2, 0) is 16.1 Å². The van der Waals surface area contributed by atoms with E-state index in [0.29, 0.717) is 5.56 Å². The second-order valence-electron chi connectivity index (χ2n) is 7.04. The summed E-state index contributed by atoms with van der Waals surface area (Å²) in [6.07, 6.45) is 6.35. The Morgan fingerprint density at radius 3 is 2.47 bits per heavy atom. The number of benzene rings is 1. The molecule has 9 heteroatoms. The van der Waals surface area contributed by atoms with Gasteiger partial charge in [0.25, 0.3) is 11.7 Å². The van der Waals surface area contributed by atoms with Gasteiger partial charge in [-0.3, -0.25) is 19.6 Å². The Labute approximate surface area is 193 Å². The van der Waals surface area contributed by atoms with Crippen molar-refractivity contribution in [1.29, 1.82) is 0 Å². The first-order valence-electron chi connectivity index (χ1n) is 9.53. The van der Waals surface area contributed by atoms with Crippen molar-refractivity contribution in [3.8, 4) is 5.75 Å². The van der Waals surface area contributed by atoms with Crippen LogP contribution in [0, 0.1) is 0 Å². The molecule has 0 radical (unpaired) electrons. The normalized spacial score (nSPS) is 17.6. The summed E-state index contributed by atoms with van der Waals surface area (Å²) in [6, 6.07) is 8.96. The van der Waals surface area contributed by atoms with E-state index in [-0.39, 0.29) is 33.5 Å². The largest absolute Gasteiger partial charge is 0.507 e. The number of ether oxygens (including phenoxy) is 1. The number of likely N-dealkylation sites (tertiary alicyclic amines) is 1. The smallest absolute Gasteiger partial charge is 0.295 e. The van der Waals surface area contributed by atoms with Crippen molar-refractivity contribution >= 4 is 40.7 Å². The molecule has 1 fully saturated rings. The number of pyridine rings is 2. The fourth-order valence-electron chi connectivity index (χ4n) is 3.70. The highest BCUT2D eigenvalue weighted by Gasteiger charge is 2.46. The molecule has 1 unspecified atom stereocenters. The third-order valence-electron chi connectivity index (χ3n) is 5.08. The molecule has 1 atom stereocenters. The van der Waals surface area contributed by atoms with E-state index in [1.807, 2.05) is 0 Å². The van der Waals surface area contributed by atoms with E-state index < -0.39 is 23.5 Å². The zero-order chi connectivity index (χ0) is 22.8. The van der Waals surface area contributed by atoms with Crippen LogP contribution in [0.5, 0.6) is 5.75 Å².